The van der Waals surface area contributed by atoms with Gasteiger partial charge in [0, 0.05) is 63.8 Å². The number of unbranched alkanes of at least 4 members (excludes halogenated alkanes) is 6. The lowest BCUT2D eigenvalue weighted by Crippen LogP contribution is -2.72. The average Bonchev–Trinajstić information content (AvgIpc) is 2.86. The molecular weight excluding hydrogens is 472 g/mol. The van der Waals surface area contributed by atoms with Crippen molar-refractivity contribution in [3.63, 3.8) is 0 Å². The highest BCUT2D eigenvalue weighted by atomic mass is 16.5. The summed E-state index contributed by atoms with van der Waals surface area (Å²) < 4.78 is 11.8. The van der Waals surface area contributed by atoms with Crippen LogP contribution in [0.3, 0.4) is 0 Å². The summed E-state index contributed by atoms with van der Waals surface area (Å²) in [7, 11) is 0. The Morgan fingerprint density at radius 2 is 1.24 bits per heavy atom. The molecule has 2 saturated heterocycles. The van der Waals surface area contributed by atoms with E-state index in [1.54, 1.807) is 0 Å². The maximum absolute atomic E-state index is 5.94. The zero-order valence-electron chi connectivity index (χ0n) is 26.0. The minimum Gasteiger partial charge on any atom is -0.379 e. The monoisotopic (exact) mass is 539 g/mol. The average molecular weight is 539 g/mol. The van der Waals surface area contributed by atoms with E-state index in [1.165, 1.54) is 103 Å². The summed E-state index contributed by atoms with van der Waals surface area (Å²) in [6.07, 6.45) is 16.2. The first-order valence-corrected chi connectivity index (χ1v) is 16.6. The largest absolute Gasteiger partial charge is 0.379 e. The predicted molar refractivity (Wildman–Crippen MR) is 163 cm³/mol. The van der Waals surface area contributed by atoms with Crippen molar-refractivity contribution in [2.75, 3.05) is 85.3 Å². The molecule has 2 aliphatic heterocycles. The van der Waals surface area contributed by atoms with E-state index in [4.69, 9.17) is 9.47 Å². The molecule has 1 spiro atoms. The van der Waals surface area contributed by atoms with Crippen molar-refractivity contribution in [2.45, 2.75) is 111 Å². The van der Waals surface area contributed by atoms with Crippen molar-refractivity contribution in [1.82, 2.24) is 20.4 Å². The molecule has 0 radical (unpaired) electrons. The SMILES string of the molecule is CCCCCCCC(C)CNCCOCCN1CC2(C1)CN(CCOCCNC(CCC)CCCCC)C2. The van der Waals surface area contributed by atoms with Gasteiger partial charge in [-0.1, -0.05) is 85.5 Å². The van der Waals surface area contributed by atoms with Gasteiger partial charge in [0.2, 0.25) is 0 Å². The smallest absolute Gasteiger partial charge is 0.0594 e. The first-order chi connectivity index (χ1) is 18.6. The molecule has 2 fully saturated rings. The van der Waals surface area contributed by atoms with Gasteiger partial charge in [0.15, 0.2) is 0 Å². The Kier molecular flexibility index (Phi) is 19.2. The molecule has 2 heterocycles. The highest BCUT2D eigenvalue weighted by molar-refractivity contribution is 5.05. The lowest BCUT2D eigenvalue weighted by Gasteiger charge is -2.60. The highest BCUT2D eigenvalue weighted by Crippen LogP contribution is 2.39. The lowest BCUT2D eigenvalue weighted by molar-refractivity contribution is -0.123. The van der Waals surface area contributed by atoms with Crippen LogP contribution in [0.25, 0.3) is 0 Å². The van der Waals surface area contributed by atoms with Crippen molar-refractivity contribution >= 4 is 0 Å². The Morgan fingerprint density at radius 1 is 0.658 bits per heavy atom. The summed E-state index contributed by atoms with van der Waals surface area (Å²) in [5, 5.41) is 7.30. The van der Waals surface area contributed by atoms with Crippen LogP contribution in [0.2, 0.25) is 0 Å². The number of likely N-dealkylation sites (tertiary alicyclic amines) is 2. The van der Waals surface area contributed by atoms with E-state index in [2.05, 4.69) is 48.1 Å². The van der Waals surface area contributed by atoms with Crippen LogP contribution in [0.5, 0.6) is 0 Å². The topological polar surface area (TPSA) is 49.0 Å². The molecule has 2 rings (SSSR count). The van der Waals surface area contributed by atoms with E-state index in [0.29, 0.717) is 11.5 Å². The van der Waals surface area contributed by atoms with Gasteiger partial charge in [-0.05, 0) is 31.7 Å². The molecule has 6 nitrogen and oxygen atoms in total. The minimum absolute atomic E-state index is 0.571. The van der Waals surface area contributed by atoms with Crippen molar-refractivity contribution in [3.8, 4) is 0 Å². The van der Waals surface area contributed by atoms with Gasteiger partial charge in [0.25, 0.3) is 0 Å². The van der Waals surface area contributed by atoms with Gasteiger partial charge in [-0.3, -0.25) is 9.80 Å². The Hall–Kier alpha value is -0.240. The second-order valence-corrected chi connectivity index (χ2v) is 12.6. The fourth-order valence-electron chi connectivity index (χ4n) is 6.28. The molecule has 0 aromatic rings. The number of ether oxygens (including phenoxy) is 2. The third kappa shape index (κ3) is 14.9. The van der Waals surface area contributed by atoms with E-state index in [0.717, 1.165) is 65.1 Å². The van der Waals surface area contributed by atoms with Gasteiger partial charge in [-0.2, -0.15) is 0 Å². The maximum atomic E-state index is 5.94. The van der Waals surface area contributed by atoms with Crippen LogP contribution in [0, 0.1) is 11.3 Å². The molecule has 226 valence electrons. The van der Waals surface area contributed by atoms with Crippen molar-refractivity contribution in [3.05, 3.63) is 0 Å². The van der Waals surface area contributed by atoms with Crippen LogP contribution in [0.1, 0.15) is 105 Å². The van der Waals surface area contributed by atoms with Crippen LogP contribution in [0.4, 0.5) is 0 Å². The summed E-state index contributed by atoms with van der Waals surface area (Å²) in [6, 6.07) is 0.678. The molecule has 0 aromatic heterocycles. The summed E-state index contributed by atoms with van der Waals surface area (Å²) in [4.78, 5) is 5.14. The molecule has 2 N–H and O–H groups in total. The number of nitrogens with zero attached hydrogens (tertiary/aromatic N) is 2. The van der Waals surface area contributed by atoms with Crippen molar-refractivity contribution < 1.29 is 9.47 Å². The van der Waals surface area contributed by atoms with Crippen molar-refractivity contribution in [2.24, 2.45) is 11.3 Å². The zero-order valence-corrected chi connectivity index (χ0v) is 26.0. The first-order valence-electron chi connectivity index (χ1n) is 16.6. The Labute approximate surface area is 237 Å². The summed E-state index contributed by atoms with van der Waals surface area (Å²) in [6.45, 7) is 22.9. The van der Waals surface area contributed by atoms with E-state index >= 15 is 0 Å². The quantitative estimate of drug-likeness (QED) is 0.134. The molecule has 38 heavy (non-hydrogen) atoms. The van der Waals surface area contributed by atoms with Gasteiger partial charge in [0.05, 0.1) is 26.4 Å². The molecule has 2 aliphatic rings. The van der Waals surface area contributed by atoms with E-state index < -0.39 is 0 Å². The van der Waals surface area contributed by atoms with Gasteiger partial charge >= 0.3 is 0 Å². The fourth-order valence-corrected chi connectivity index (χ4v) is 6.28. The number of hydrogen-bond donors (Lipinski definition) is 2. The predicted octanol–water partition coefficient (Wildman–Crippen LogP) is 5.56. The van der Waals surface area contributed by atoms with Crippen LogP contribution >= 0.6 is 0 Å². The van der Waals surface area contributed by atoms with Gasteiger partial charge in [-0.25, -0.2) is 0 Å². The first kappa shape index (κ1) is 34.0. The standard InChI is InChI=1S/C32H66N4O2/c1-5-8-10-11-13-15-30(4)25-33-17-21-37-23-19-35-26-32(27-35)28-36(29-32)20-24-38-22-18-34-31(14-7-3)16-12-9-6-2/h30-31,33-34H,5-29H2,1-4H3. The molecule has 0 aromatic carbocycles. The van der Waals surface area contributed by atoms with E-state index in [-0.39, 0.29) is 0 Å². The zero-order chi connectivity index (χ0) is 27.3. The summed E-state index contributed by atoms with van der Waals surface area (Å²) in [5.74, 6) is 0.780. The number of rotatable bonds is 27. The fraction of sp³-hybridized carbons (Fsp3) is 1.00. The molecule has 0 aliphatic carbocycles. The molecule has 0 bridgehead atoms. The van der Waals surface area contributed by atoms with Crippen LogP contribution in [-0.2, 0) is 9.47 Å². The molecule has 6 heteroatoms. The van der Waals surface area contributed by atoms with E-state index in [9.17, 15) is 0 Å². The molecule has 0 amide bonds. The molecule has 2 atom stereocenters. The number of nitrogens with one attached hydrogen (secondary N) is 2. The third-order valence-corrected chi connectivity index (χ3v) is 8.53. The van der Waals surface area contributed by atoms with Gasteiger partial charge in [0.1, 0.15) is 0 Å². The normalized spacial score (nSPS) is 18.9. The molecular formula is C32H66N4O2. The van der Waals surface area contributed by atoms with E-state index in [1.807, 2.05) is 0 Å². The second kappa shape index (κ2) is 21.5. The highest BCUT2D eigenvalue weighted by Gasteiger charge is 2.50. The van der Waals surface area contributed by atoms with Crippen LogP contribution in [0.15, 0.2) is 0 Å². The van der Waals surface area contributed by atoms with Gasteiger partial charge in [-0.15, -0.1) is 0 Å². The Balaban J connectivity index is 1.33. The Bertz CT molecular complexity index is 536. The third-order valence-electron chi connectivity index (χ3n) is 8.53. The summed E-state index contributed by atoms with van der Waals surface area (Å²) in [5.41, 5.74) is 0.571. The van der Waals surface area contributed by atoms with Crippen molar-refractivity contribution in [1.29, 1.82) is 0 Å². The van der Waals surface area contributed by atoms with Crippen LogP contribution < -0.4 is 10.6 Å². The molecule has 0 saturated carbocycles. The Morgan fingerprint density at radius 3 is 1.87 bits per heavy atom. The minimum atomic E-state index is 0.571. The lowest BCUT2D eigenvalue weighted by atomic mass is 9.73. The molecule has 2 unspecified atom stereocenters. The van der Waals surface area contributed by atoms with Gasteiger partial charge < -0.3 is 20.1 Å². The van der Waals surface area contributed by atoms with Crippen LogP contribution in [-0.4, -0.2) is 101 Å². The second-order valence-electron chi connectivity index (χ2n) is 12.6. The maximum Gasteiger partial charge on any atom is 0.0594 e. The summed E-state index contributed by atoms with van der Waals surface area (Å²) >= 11 is 0. The number of hydrogen-bond acceptors (Lipinski definition) is 6.